The Hall–Kier alpha value is -0.980. The van der Waals surface area contributed by atoms with E-state index >= 15 is 0 Å². The maximum atomic E-state index is 8.93. The van der Waals surface area contributed by atoms with Crippen LogP contribution in [0, 0.1) is 0 Å². The van der Waals surface area contributed by atoms with Gasteiger partial charge < -0.3 is 19.1 Å². The maximum absolute atomic E-state index is 8.93. The van der Waals surface area contributed by atoms with Gasteiger partial charge in [0.2, 0.25) is 0 Å². The standard InChI is InChI=1S/C8H13N3O3/c1-11-7(4-12)9-10-8(11)6-5-13-2-3-14-6/h6,12H,2-5H2,1H3. The Morgan fingerprint density at radius 1 is 1.50 bits per heavy atom. The van der Waals surface area contributed by atoms with Gasteiger partial charge in [-0.15, -0.1) is 10.2 Å². The van der Waals surface area contributed by atoms with Crippen molar-refractivity contribution < 1.29 is 14.6 Å². The summed E-state index contributed by atoms with van der Waals surface area (Å²) in [5.74, 6) is 1.24. The molecule has 0 amide bonds. The fraction of sp³-hybridized carbons (Fsp3) is 0.750. The van der Waals surface area contributed by atoms with E-state index in [2.05, 4.69) is 10.2 Å². The van der Waals surface area contributed by atoms with Crippen LogP contribution in [0.3, 0.4) is 0 Å². The van der Waals surface area contributed by atoms with Crippen molar-refractivity contribution in [2.45, 2.75) is 12.7 Å². The quantitative estimate of drug-likeness (QED) is 0.688. The highest BCUT2D eigenvalue weighted by Gasteiger charge is 2.22. The molecule has 78 valence electrons. The van der Waals surface area contributed by atoms with E-state index in [0.717, 1.165) is 0 Å². The molecule has 2 heterocycles. The molecule has 1 saturated heterocycles. The lowest BCUT2D eigenvalue weighted by Crippen LogP contribution is -2.24. The fourth-order valence-electron chi connectivity index (χ4n) is 1.43. The summed E-state index contributed by atoms with van der Waals surface area (Å²) in [7, 11) is 1.80. The highest BCUT2D eigenvalue weighted by atomic mass is 16.6. The van der Waals surface area contributed by atoms with E-state index in [1.165, 1.54) is 0 Å². The van der Waals surface area contributed by atoms with Crippen LogP contribution in [0.1, 0.15) is 17.8 Å². The Morgan fingerprint density at radius 3 is 2.93 bits per heavy atom. The average molecular weight is 199 g/mol. The minimum Gasteiger partial charge on any atom is -0.388 e. The fourth-order valence-corrected chi connectivity index (χ4v) is 1.43. The SMILES string of the molecule is Cn1c(CO)nnc1C1COCCO1. The molecule has 1 aromatic heterocycles. The van der Waals surface area contributed by atoms with E-state index in [1.807, 2.05) is 0 Å². The molecule has 6 nitrogen and oxygen atoms in total. The van der Waals surface area contributed by atoms with Crippen molar-refractivity contribution in [2.24, 2.45) is 7.05 Å². The Morgan fingerprint density at radius 2 is 2.36 bits per heavy atom. The van der Waals surface area contributed by atoms with E-state index in [0.29, 0.717) is 31.5 Å². The molecular formula is C8H13N3O3. The molecule has 1 unspecified atom stereocenters. The van der Waals surface area contributed by atoms with Crippen LogP contribution in [0.2, 0.25) is 0 Å². The average Bonchev–Trinajstić information content (AvgIpc) is 2.61. The van der Waals surface area contributed by atoms with Gasteiger partial charge in [-0.1, -0.05) is 0 Å². The molecular weight excluding hydrogens is 186 g/mol. The number of hydrogen-bond donors (Lipinski definition) is 1. The number of rotatable bonds is 2. The third-order valence-corrected chi connectivity index (χ3v) is 2.24. The van der Waals surface area contributed by atoms with Crippen LogP contribution in [0.5, 0.6) is 0 Å². The summed E-state index contributed by atoms with van der Waals surface area (Å²) in [6.07, 6.45) is -0.165. The summed E-state index contributed by atoms with van der Waals surface area (Å²) in [5.41, 5.74) is 0. The van der Waals surface area contributed by atoms with E-state index in [-0.39, 0.29) is 12.7 Å². The molecule has 0 aliphatic carbocycles. The Balaban J connectivity index is 2.18. The van der Waals surface area contributed by atoms with Crippen molar-refractivity contribution in [3.63, 3.8) is 0 Å². The molecule has 1 aromatic rings. The predicted molar refractivity (Wildman–Crippen MR) is 46.4 cm³/mol. The van der Waals surface area contributed by atoms with Crippen molar-refractivity contribution in [3.8, 4) is 0 Å². The summed E-state index contributed by atoms with van der Waals surface area (Å²) < 4.78 is 12.5. The first-order valence-corrected chi connectivity index (χ1v) is 4.51. The number of aliphatic hydroxyl groups excluding tert-OH is 1. The van der Waals surface area contributed by atoms with Crippen molar-refractivity contribution in [3.05, 3.63) is 11.6 Å². The van der Waals surface area contributed by atoms with Gasteiger partial charge in [0.15, 0.2) is 11.6 Å². The van der Waals surface area contributed by atoms with E-state index < -0.39 is 0 Å². The Labute approximate surface area is 81.5 Å². The van der Waals surface area contributed by atoms with Gasteiger partial charge in [-0.25, -0.2) is 0 Å². The number of aromatic nitrogens is 3. The van der Waals surface area contributed by atoms with Gasteiger partial charge in [-0.2, -0.15) is 0 Å². The third kappa shape index (κ3) is 1.63. The van der Waals surface area contributed by atoms with Gasteiger partial charge in [-0.05, 0) is 0 Å². The smallest absolute Gasteiger partial charge is 0.164 e. The number of aliphatic hydroxyl groups is 1. The molecule has 0 spiro atoms. The maximum Gasteiger partial charge on any atom is 0.164 e. The van der Waals surface area contributed by atoms with Crippen LogP contribution in [0.25, 0.3) is 0 Å². The van der Waals surface area contributed by atoms with Gasteiger partial charge in [0.05, 0.1) is 19.8 Å². The molecule has 1 fully saturated rings. The zero-order valence-electron chi connectivity index (χ0n) is 8.01. The third-order valence-electron chi connectivity index (χ3n) is 2.24. The predicted octanol–water partition coefficient (Wildman–Crippen LogP) is -0.605. The van der Waals surface area contributed by atoms with Crippen LogP contribution in [0.4, 0.5) is 0 Å². The van der Waals surface area contributed by atoms with Gasteiger partial charge in [0.25, 0.3) is 0 Å². The lowest BCUT2D eigenvalue weighted by Gasteiger charge is -2.21. The lowest BCUT2D eigenvalue weighted by atomic mass is 10.3. The van der Waals surface area contributed by atoms with Crippen molar-refractivity contribution >= 4 is 0 Å². The molecule has 1 atom stereocenters. The van der Waals surface area contributed by atoms with Gasteiger partial charge in [0.1, 0.15) is 12.7 Å². The molecule has 0 saturated carbocycles. The lowest BCUT2D eigenvalue weighted by molar-refractivity contribution is -0.0946. The monoisotopic (exact) mass is 199 g/mol. The summed E-state index contributed by atoms with van der Waals surface area (Å²) in [6, 6.07) is 0. The topological polar surface area (TPSA) is 69.4 Å². The van der Waals surface area contributed by atoms with Crippen molar-refractivity contribution in [2.75, 3.05) is 19.8 Å². The van der Waals surface area contributed by atoms with E-state index in [1.54, 1.807) is 11.6 Å². The molecule has 0 aromatic carbocycles. The molecule has 0 bridgehead atoms. The molecule has 2 rings (SSSR count). The van der Waals surface area contributed by atoms with Crippen LogP contribution >= 0.6 is 0 Å². The molecule has 14 heavy (non-hydrogen) atoms. The second kappa shape index (κ2) is 4.04. The zero-order valence-corrected chi connectivity index (χ0v) is 8.01. The van der Waals surface area contributed by atoms with Crippen molar-refractivity contribution in [1.29, 1.82) is 0 Å². The van der Waals surface area contributed by atoms with Gasteiger partial charge >= 0.3 is 0 Å². The second-order valence-electron chi connectivity index (χ2n) is 3.13. The summed E-state index contributed by atoms with van der Waals surface area (Å²) >= 11 is 0. The van der Waals surface area contributed by atoms with Crippen LogP contribution in [-0.2, 0) is 23.1 Å². The molecule has 1 aliphatic heterocycles. The van der Waals surface area contributed by atoms with Crippen LogP contribution in [-0.4, -0.2) is 39.7 Å². The Bertz CT molecular complexity index is 307. The van der Waals surface area contributed by atoms with Crippen molar-refractivity contribution in [1.82, 2.24) is 14.8 Å². The van der Waals surface area contributed by atoms with E-state index in [9.17, 15) is 0 Å². The highest BCUT2D eigenvalue weighted by Crippen LogP contribution is 2.18. The first-order chi connectivity index (χ1) is 6.83. The largest absolute Gasteiger partial charge is 0.388 e. The molecule has 1 N–H and O–H groups in total. The summed E-state index contributed by atoms with van der Waals surface area (Å²) in [4.78, 5) is 0. The van der Waals surface area contributed by atoms with Crippen LogP contribution in [0.15, 0.2) is 0 Å². The van der Waals surface area contributed by atoms with E-state index in [4.69, 9.17) is 14.6 Å². The minimum atomic E-state index is -0.165. The summed E-state index contributed by atoms with van der Waals surface area (Å²) in [5, 5.41) is 16.7. The normalized spacial score (nSPS) is 22.6. The Kier molecular flexibility index (Phi) is 2.76. The number of hydrogen-bond acceptors (Lipinski definition) is 5. The van der Waals surface area contributed by atoms with Crippen LogP contribution < -0.4 is 0 Å². The zero-order chi connectivity index (χ0) is 9.97. The number of nitrogens with zero attached hydrogens (tertiary/aromatic N) is 3. The van der Waals surface area contributed by atoms with Gasteiger partial charge in [0, 0.05) is 7.05 Å². The first-order valence-electron chi connectivity index (χ1n) is 4.51. The summed E-state index contributed by atoms with van der Waals surface area (Å²) in [6.45, 7) is 1.58. The molecule has 1 aliphatic rings. The highest BCUT2D eigenvalue weighted by molar-refractivity contribution is 4.98. The van der Waals surface area contributed by atoms with Gasteiger partial charge in [-0.3, -0.25) is 0 Å². The number of ether oxygens (including phenoxy) is 2. The second-order valence-corrected chi connectivity index (χ2v) is 3.13. The first kappa shape index (κ1) is 9.57. The minimum absolute atomic E-state index is 0.114. The molecule has 6 heteroatoms. The molecule has 0 radical (unpaired) electrons.